The van der Waals surface area contributed by atoms with Crippen LogP contribution in [-0.2, 0) is 9.47 Å². The largest absolute Gasteiger partial charge is 0.461 e. The number of benzene rings is 1. The van der Waals surface area contributed by atoms with Gasteiger partial charge in [-0.1, -0.05) is 0 Å². The number of nitrogens with one attached hydrogen (secondary N) is 1. The molecule has 6 nitrogen and oxygen atoms in total. The van der Waals surface area contributed by atoms with E-state index in [1.807, 2.05) is 0 Å². The fraction of sp³-hybridized carbons (Fsp3) is 0.278. The fourth-order valence-corrected chi connectivity index (χ4v) is 2.42. The second-order valence-corrected chi connectivity index (χ2v) is 5.47. The molecule has 0 radical (unpaired) electrons. The van der Waals surface area contributed by atoms with Crippen molar-refractivity contribution in [3.05, 3.63) is 57.9 Å². The van der Waals surface area contributed by atoms with Crippen molar-refractivity contribution in [2.45, 2.75) is 20.8 Å². The number of hydrogen-bond acceptors (Lipinski definition) is 5. The Morgan fingerprint density at radius 2 is 1.73 bits per heavy atom. The number of rotatable bonds is 6. The van der Waals surface area contributed by atoms with E-state index in [1.165, 1.54) is 0 Å². The average Bonchev–Trinajstić information content (AvgIpc) is 2.89. The molecule has 0 aliphatic rings. The maximum Gasteiger partial charge on any atom is 0.355 e. The van der Waals surface area contributed by atoms with E-state index in [0.717, 1.165) is 18.2 Å². The molecule has 0 amide bonds. The number of aromatic amines is 1. The van der Waals surface area contributed by atoms with Crippen molar-refractivity contribution in [2.24, 2.45) is 0 Å². The predicted octanol–water partition coefficient (Wildman–Crippen LogP) is 3.13. The molecule has 0 fully saturated rings. The molecule has 0 bridgehead atoms. The van der Waals surface area contributed by atoms with Gasteiger partial charge in [0.05, 0.1) is 12.2 Å². The molecule has 1 aromatic carbocycles. The number of Topliss-reactive ketones (excluding diaryl/α,β-unsaturated/α-hetero) is 1. The molecule has 0 saturated carbocycles. The first kappa shape index (κ1) is 19.3. The first-order valence-electron chi connectivity index (χ1n) is 7.77. The number of ketones is 1. The summed E-state index contributed by atoms with van der Waals surface area (Å²) in [5.41, 5.74) is 0.850. The highest BCUT2D eigenvalue weighted by Gasteiger charge is 2.24. The molecule has 0 saturated heterocycles. The molecule has 0 atom stereocenters. The van der Waals surface area contributed by atoms with E-state index in [0.29, 0.717) is 11.3 Å². The van der Waals surface area contributed by atoms with Gasteiger partial charge in [0.2, 0.25) is 0 Å². The lowest BCUT2D eigenvalue weighted by Gasteiger charge is -2.06. The summed E-state index contributed by atoms with van der Waals surface area (Å²) in [6.07, 6.45) is 0. The van der Waals surface area contributed by atoms with Crippen LogP contribution < -0.4 is 0 Å². The molecular formula is C18H17F2NO5. The molecular weight excluding hydrogens is 348 g/mol. The Kier molecular flexibility index (Phi) is 5.86. The monoisotopic (exact) mass is 365 g/mol. The minimum atomic E-state index is -1.17. The van der Waals surface area contributed by atoms with E-state index >= 15 is 0 Å². The lowest BCUT2D eigenvalue weighted by molar-refractivity contribution is 0.0473. The van der Waals surface area contributed by atoms with Gasteiger partial charge in [-0.3, -0.25) is 4.79 Å². The molecule has 0 unspecified atom stereocenters. The number of carbonyl (C=O) groups is 3. The molecule has 0 spiro atoms. The van der Waals surface area contributed by atoms with E-state index in [2.05, 4.69) is 4.98 Å². The second-order valence-electron chi connectivity index (χ2n) is 5.47. The number of halogens is 2. The summed E-state index contributed by atoms with van der Waals surface area (Å²) in [5.74, 6) is -4.36. The number of hydrogen-bond donors (Lipinski definition) is 1. The zero-order chi connectivity index (χ0) is 19.4. The number of ether oxygens (including phenoxy) is 2. The van der Waals surface area contributed by atoms with Gasteiger partial charge in [0.1, 0.15) is 5.69 Å². The zero-order valence-electron chi connectivity index (χ0n) is 14.4. The highest BCUT2D eigenvalue weighted by Crippen LogP contribution is 2.20. The molecule has 138 valence electrons. The Bertz CT molecular complexity index is 873. The average molecular weight is 365 g/mol. The van der Waals surface area contributed by atoms with Crippen molar-refractivity contribution >= 4 is 17.7 Å². The summed E-state index contributed by atoms with van der Waals surface area (Å²) in [7, 11) is 0. The highest BCUT2D eigenvalue weighted by molar-refractivity contribution is 6.01. The lowest BCUT2D eigenvalue weighted by Crippen LogP contribution is -2.15. The van der Waals surface area contributed by atoms with Gasteiger partial charge in [0.15, 0.2) is 24.0 Å². The SMILES string of the molecule is CCOC(=O)c1[nH]c(C)c(C(=O)OCC(=O)c2ccc(F)c(F)c2)c1C. The van der Waals surface area contributed by atoms with Crippen molar-refractivity contribution in [2.75, 3.05) is 13.2 Å². The zero-order valence-corrected chi connectivity index (χ0v) is 14.4. The number of H-pyrrole nitrogens is 1. The van der Waals surface area contributed by atoms with Crippen LogP contribution in [0.5, 0.6) is 0 Å². The summed E-state index contributed by atoms with van der Waals surface area (Å²) in [5, 5.41) is 0. The maximum atomic E-state index is 13.2. The number of carbonyl (C=O) groups excluding carboxylic acids is 3. The van der Waals surface area contributed by atoms with Crippen molar-refractivity contribution in [3.63, 3.8) is 0 Å². The molecule has 2 aromatic rings. The lowest BCUT2D eigenvalue weighted by atomic mass is 10.1. The van der Waals surface area contributed by atoms with Gasteiger partial charge in [-0.15, -0.1) is 0 Å². The summed E-state index contributed by atoms with van der Waals surface area (Å²) in [6, 6.07) is 2.65. The number of aryl methyl sites for hydroxylation is 1. The van der Waals surface area contributed by atoms with Gasteiger partial charge in [0.25, 0.3) is 0 Å². The Morgan fingerprint density at radius 3 is 2.35 bits per heavy atom. The quantitative estimate of drug-likeness (QED) is 0.628. The molecule has 26 heavy (non-hydrogen) atoms. The molecule has 0 aliphatic heterocycles. The van der Waals surface area contributed by atoms with Crippen molar-refractivity contribution in [1.82, 2.24) is 4.98 Å². The van der Waals surface area contributed by atoms with Gasteiger partial charge in [-0.05, 0) is 44.5 Å². The Morgan fingerprint density at radius 1 is 1.04 bits per heavy atom. The van der Waals surface area contributed by atoms with E-state index in [4.69, 9.17) is 9.47 Å². The summed E-state index contributed by atoms with van der Waals surface area (Å²) in [6.45, 7) is 4.30. The summed E-state index contributed by atoms with van der Waals surface area (Å²) < 4.78 is 35.9. The smallest absolute Gasteiger partial charge is 0.355 e. The van der Waals surface area contributed by atoms with Crippen LogP contribution in [-0.4, -0.2) is 35.9 Å². The predicted molar refractivity (Wildman–Crippen MR) is 87.2 cm³/mol. The topological polar surface area (TPSA) is 85.5 Å². The minimum absolute atomic E-state index is 0.117. The van der Waals surface area contributed by atoms with Crippen molar-refractivity contribution in [1.29, 1.82) is 0 Å². The highest BCUT2D eigenvalue weighted by atomic mass is 19.2. The molecule has 8 heteroatoms. The van der Waals surface area contributed by atoms with Crippen LogP contribution in [0.1, 0.15) is 49.4 Å². The van der Waals surface area contributed by atoms with Gasteiger partial charge in [0, 0.05) is 11.3 Å². The third kappa shape index (κ3) is 3.96. The van der Waals surface area contributed by atoms with E-state index < -0.39 is 36.0 Å². The van der Waals surface area contributed by atoms with Crippen LogP contribution in [0.4, 0.5) is 8.78 Å². The normalized spacial score (nSPS) is 10.5. The van der Waals surface area contributed by atoms with Gasteiger partial charge in [-0.25, -0.2) is 18.4 Å². The Balaban J connectivity index is 2.11. The molecule has 1 heterocycles. The van der Waals surface area contributed by atoms with Crippen LogP contribution in [0, 0.1) is 25.5 Å². The number of aromatic nitrogens is 1. The van der Waals surface area contributed by atoms with Crippen LogP contribution in [0.15, 0.2) is 18.2 Å². The summed E-state index contributed by atoms with van der Waals surface area (Å²) >= 11 is 0. The first-order valence-corrected chi connectivity index (χ1v) is 7.77. The van der Waals surface area contributed by atoms with Crippen molar-refractivity contribution < 1.29 is 32.6 Å². The van der Waals surface area contributed by atoms with Gasteiger partial charge in [-0.2, -0.15) is 0 Å². The van der Waals surface area contributed by atoms with Gasteiger partial charge < -0.3 is 14.5 Å². The third-order valence-electron chi connectivity index (χ3n) is 3.70. The van der Waals surface area contributed by atoms with E-state index in [-0.39, 0.29) is 23.4 Å². The Labute approximate surface area is 148 Å². The van der Waals surface area contributed by atoms with Crippen LogP contribution in [0.2, 0.25) is 0 Å². The van der Waals surface area contributed by atoms with Crippen LogP contribution in [0.3, 0.4) is 0 Å². The number of esters is 2. The van der Waals surface area contributed by atoms with Gasteiger partial charge >= 0.3 is 11.9 Å². The third-order valence-corrected chi connectivity index (χ3v) is 3.70. The first-order chi connectivity index (χ1) is 12.3. The molecule has 0 aliphatic carbocycles. The standard InChI is InChI=1S/C18H17F2NO5/c1-4-25-18(24)16-9(2)15(10(3)21-16)17(23)26-8-14(22)11-5-6-12(19)13(20)7-11/h5-7,21H,4,8H2,1-3H3. The van der Waals surface area contributed by atoms with E-state index in [9.17, 15) is 23.2 Å². The minimum Gasteiger partial charge on any atom is -0.461 e. The molecule has 1 N–H and O–H groups in total. The Hall–Kier alpha value is -3.03. The fourth-order valence-electron chi connectivity index (χ4n) is 2.42. The molecule has 2 rings (SSSR count). The molecule has 1 aromatic heterocycles. The van der Waals surface area contributed by atoms with E-state index in [1.54, 1.807) is 20.8 Å². The maximum absolute atomic E-state index is 13.2. The summed E-state index contributed by atoms with van der Waals surface area (Å²) in [4.78, 5) is 38.8. The van der Waals surface area contributed by atoms with Crippen LogP contribution >= 0.6 is 0 Å². The van der Waals surface area contributed by atoms with Crippen molar-refractivity contribution in [3.8, 4) is 0 Å². The van der Waals surface area contributed by atoms with Crippen LogP contribution in [0.25, 0.3) is 0 Å². The second kappa shape index (κ2) is 7.90.